The number of rotatable bonds is 14. The Bertz CT molecular complexity index is 1470. The molecule has 47 heavy (non-hydrogen) atoms. The Balaban J connectivity index is 1.19. The number of nitrogens with one attached hydrogen (secondary N) is 1. The molecule has 3 N–H and O–H groups in total. The Morgan fingerprint density at radius 1 is 0.851 bits per heavy atom. The van der Waals surface area contributed by atoms with E-state index in [1.807, 2.05) is 48.5 Å². The van der Waals surface area contributed by atoms with Gasteiger partial charge in [0.25, 0.3) is 5.69 Å². The summed E-state index contributed by atoms with van der Waals surface area (Å²) in [5, 5.41) is 32.2. The van der Waals surface area contributed by atoms with Crippen molar-refractivity contribution in [3.8, 4) is 0 Å². The van der Waals surface area contributed by atoms with Crippen LogP contribution >= 0.6 is 0 Å². The minimum absolute atomic E-state index is 0.0243. The third-order valence-corrected chi connectivity index (χ3v) is 8.66. The largest absolute Gasteiger partial charge is 0.481 e. The molecule has 0 aliphatic carbocycles. The second kappa shape index (κ2) is 16.5. The predicted octanol–water partition coefficient (Wildman–Crippen LogP) is 4.72. The van der Waals surface area contributed by atoms with Crippen LogP contribution < -0.4 is 10.2 Å². The second-order valence-electron chi connectivity index (χ2n) is 12.0. The lowest BCUT2D eigenvalue weighted by atomic mass is 9.99. The maximum absolute atomic E-state index is 12.2. The maximum atomic E-state index is 12.2. The first-order valence-electron chi connectivity index (χ1n) is 16.1. The average Bonchev–Trinajstić information content (AvgIpc) is 3.09. The second-order valence-corrected chi connectivity index (χ2v) is 12.0. The molecule has 0 aromatic heterocycles. The number of nitro groups is 1. The van der Waals surface area contributed by atoms with Gasteiger partial charge in [-0.15, -0.1) is 0 Å². The third-order valence-electron chi connectivity index (χ3n) is 8.66. The molecular formula is C35H42N4O8. The zero-order valence-electron chi connectivity index (χ0n) is 26.3. The van der Waals surface area contributed by atoms with Crippen molar-refractivity contribution in [2.24, 2.45) is 0 Å². The molecule has 12 heteroatoms. The Labute approximate surface area is 274 Å². The summed E-state index contributed by atoms with van der Waals surface area (Å²) in [6, 6.07) is 22.3. The molecule has 0 bridgehead atoms. The van der Waals surface area contributed by atoms with Crippen LogP contribution in [0.5, 0.6) is 0 Å². The molecule has 0 unspecified atom stereocenters. The first-order chi connectivity index (χ1) is 22.8. The summed E-state index contributed by atoms with van der Waals surface area (Å²) >= 11 is 0. The van der Waals surface area contributed by atoms with Crippen molar-refractivity contribution in [1.29, 1.82) is 0 Å². The van der Waals surface area contributed by atoms with Crippen LogP contribution in [0.4, 0.5) is 11.4 Å². The van der Waals surface area contributed by atoms with E-state index in [1.165, 1.54) is 0 Å². The smallest absolute Gasteiger partial charge is 0.303 e. The molecule has 2 heterocycles. The lowest BCUT2D eigenvalue weighted by Gasteiger charge is -2.41. The van der Waals surface area contributed by atoms with Crippen LogP contribution in [0.1, 0.15) is 66.8 Å². The predicted molar refractivity (Wildman–Crippen MR) is 175 cm³/mol. The summed E-state index contributed by atoms with van der Waals surface area (Å²) in [6.07, 6.45) is 1.16. The van der Waals surface area contributed by atoms with E-state index in [1.54, 1.807) is 24.3 Å². The normalized spacial score (nSPS) is 20.1. The Kier molecular flexibility index (Phi) is 11.9. The first kappa shape index (κ1) is 34.0. The molecule has 0 spiro atoms. The summed E-state index contributed by atoms with van der Waals surface area (Å²) in [6.45, 7) is 4.35. The monoisotopic (exact) mass is 646 g/mol. The van der Waals surface area contributed by atoms with Gasteiger partial charge < -0.3 is 29.9 Å². The topological polar surface area (TPSA) is 155 Å². The highest BCUT2D eigenvalue weighted by Gasteiger charge is 2.34. The highest BCUT2D eigenvalue weighted by atomic mass is 16.7. The molecule has 3 aromatic carbocycles. The number of carbonyl (C=O) groups excluding carboxylic acids is 1. The van der Waals surface area contributed by atoms with Crippen molar-refractivity contribution in [2.45, 2.75) is 63.8 Å². The fourth-order valence-corrected chi connectivity index (χ4v) is 5.94. The highest BCUT2D eigenvalue weighted by molar-refractivity contribution is 5.75. The SMILES string of the molecule is O=C(O)CCCCC(=O)NCc1ccc([C@H]2O[C@@H](CN3CCN(c4ccc([N+](=O)[O-])cc4)CC3)C[C@@H](c3ccc(CO)cc3)O2)cc1. The summed E-state index contributed by atoms with van der Waals surface area (Å²) in [4.78, 5) is 38.1. The number of carboxylic acids is 1. The number of unbranched alkanes of at least 4 members (excludes halogenated alkanes) is 1. The van der Waals surface area contributed by atoms with Crippen molar-refractivity contribution in [3.63, 3.8) is 0 Å². The zero-order chi connectivity index (χ0) is 33.2. The van der Waals surface area contributed by atoms with E-state index in [2.05, 4.69) is 15.1 Å². The molecule has 2 aliphatic heterocycles. The van der Waals surface area contributed by atoms with Crippen LogP contribution in [0.2, 0.25) is 0 Å². The molecule has 1 amide bonds. The Hall–Kier alpha value is -4.36. The minimum Gasteiger partial charge on any atom is -0.481 e. The van der Waals surface area contributed by atoms with Gasteiger partial charge in [0, 0.05) is 81.9 Å². The summed E-state index contributed by atoms with van der Waals surface area (Å²) < 4.78 is 13.0. The van der Waals surface area contributed by atoms with Gasteiger partial charge in [-0.3, -0.25) is 24.6 Å². The van der Waals surface area contributed by atoms with Crippen molar-refractivity contribution < 1.29 is 34.2 Å². The van der Waals surface area contributed by atoms with Crippen LogP contribution in [0.25, 0.3) is 0 Å². The zero-order valence-corrected chi connectivity index (χ0v) is 26.3. The molecule has 0 saturated carbocycles. The number of non-ortho nitro benzene ring substituents is 1. The number of piperazine rings is 1. The van der Waals surface area contributed by atoms with E-state index in [9.17, 15) is 24.8 Å². The van der Waals surface area contributed by atoms with E-state index in [4.69, 9.17) is 14.6 Å². The molecule has 12 nitrogen and oxygen atoms in total. The van der Waals surface area contributed by atoms with Crippen molar-refractivity contribution in [2.75, 3.05) is 37.6 Å². The molecule has 2 fully saturated rings. The van der Waals surface area contributed by atoms with Gasteiger partial charge in [-0.2, -0.15) is 0 Å². The quantitative estimate of drug-likeness (QED) is 0.127. The van der Waals surface area contributed by atoms with E-state index in [0.717, 1.165) is 60.7 Å². The van der Waals surface area contributed by atoms with E-state index in [-0.39, 0.29) is 41.8 Å². The number of anilines is 1. The number of benzene rings is 3. The van der Waals surface area contributed by atoms with Crippen LogP contribution in [-0.4, -0.2) is 70.7 Å². The standard InChI is InChI=1S/C35H42N4O8/c40-24-26-7-9-27(10-8-26)32-21-31(23-37-17-19-38(20-18-37)29-13-15-30(16-14-29)39(44)45)46-35(47-32)28-11-5-25(6-12-28)22-36-33(41)3-1-2-4-34(42)43/h5-16,31-32,35,40H,1-4,17-24H2,(H,36,41)(H,42,43)/t31-,32+,35+/m1/s1. The summed E-state index contributed by atoms with van der Waals surface area (Å²) in [5.74, 6) is -0.960. The summed E-state index contributed by atoms with van der Waals surface area (Å²) in [7, 11) is 0. The molecule has 2 aliphatic rings. The lowest BCUT2D eigenvalue weighted by Crippen LogP contribution is -2.49. The number of aliphatic carboxylic acids is 1. The number of amides is 1. The number of hydrogen-bond acceptors (Lipinski definition) is 9. The number of nitro benzene ring substituents is 1. The fraction of sp³-hybridized carbons (Fsp3) is 0.429. The van der Waals surface area contributed by atoms with Gasteiger partial charge in [0.1, 0.15) is 0 Å². The molecule has 250 valence electrons. The fourth-order valence-electron chi connectivity index (χ4n) is 5.94. The van der Waals surface area contributed by atoms with Crippen molar-refractivity contribution in [3.05, 3.63) is 105 Å². The molecule has 2 saturated heterocycles. The van der Waals surface area contributed by atoms with Gasteiger partial charge in [-0.25, -0.2) is 0 Å². The number of carbonyl (C=O) groups is 2. The maximum Gasteiger partial charge on any atom is 0.303 e. The van der Waals surface area contributed by atoms with E-state index in [0.29, 0.717) is 32.2 Å². The van der Waals surface area contributed by atoms with Gasteiger partial charge in [-0.1, -0.05) is 48.5 Å². The minimum atomic E-state index is -0.853. The number of aliphatic hydroxyl groups excluding tert-OH is 1. The Morgan fingerprint density at radius 3 is 2.13 bits per heavy atom. The van der Waals surface area contributed by atoms with Gasteiger partial charge in [0.15, 0.2) is 6.29 Å². The van der Waals surface area contributed by atoms with Crippen LogP contribution in [0.3, 0.4) is 0 Å². The van der Waals surface area contributed by atoms with E-state index >= 15 is 0 Å². The number of aliphatic hydroxyl groups is 1. The van der Waals surface area contributed by atoms with Gasteiger partial charge in [-0.05, 0) is 41.7 Å². The first-order valence-corrected chi connectivity index (χ1v) is 16.1. The molecular weight excluding hydrogens is 604 g/mol. The number of hydrogen-bond donors (Lipinski definition) is 3. The average molecular weight is 647 g/mol. The van der Waals surface area contributed by atoms with E-state index < -0.39 is 12.3 Å². The van der Waals surface area contributed by atoms with Gasteiger partial charge in [0.05, 0.1) is 23.7 Å². The number of nitrogens with zero attached hydrogens (tertiary/aromatic N) is 3. The van der Waals surface area contributed by atoms with Crippen LogP contribution in [-0.2, 0) is 32.2 Å². The third kappa shape index (κ3) is 9.82. The molecule has 3 atom stereocenters. The van der Waals surface area contributed by atoms with Crippen molar-refractivity contribution in [1.82, 2.24) is 10.2 Å². The number of ether oxygens (including phenoxy) is 2. The Morgan fingerprint density at radius 2 is 1.49 bits per heavy atom. The van der Waals surface area contributed by atoms with Crippen molar-refractivity contribution >= 4 is 23.3 Å². The van der Waals surface area contributed by atoms with Crippen LogP contribution in [0.15, 0.2) is 72.8 Å². The molecule has 3 aromatic rings. The van der Waals surface area contributed by atoms with Gasteiger partial charge >= 0.3 is 5.97 Å². The molecule has 5 rings (SSSR count). The highest BCUT2D eigenvalue weighted by Crippen LogP contribution is 2.38. The number of carboxylic acid groups (broad SMARTS) is 1. The summed E-state index contributed by atoms with van der Waals surface area (Å²) in [5.41, 5.74) is 4.72. The molecule has 0 radical (unpaired) electrons. The van der Waals surface area contributed by atoms with Gasteiger partial charge in [0.2, 0.25) is 5.91 Å². The lowest BCUT2D eigenvalue weighted by molar-refractivity contribution is -0.384. The van der Waals surface area contributed by atoms with Crippen LogP contribution in [0, 0.1) is 10.1 Å².